The van der Waals surface area contributed by atoms with E-state index in [1.54, 1.807) is 31.4 Å². The Bertz CT molecular complexity index is 877. The number of urea groups is 1. The first-order valence-corrected chi connectivity index (χ1v) is 10.1. The molecule has 0 unspecified atom stereocenters. The molecule has 154 valence electrons. The molecule has 5 rings (SSSR count). The Morgan fingerprint density at radius 2 is 1.79 bits per heavy atom. The molecule has 1 aliphatic heterocycles. The molecule has 2 bridgehead atoms. The second-order valence-corrected chi connectivity index (χ2v) is 8.60. The molecule has 0 radical (unpaired) electrons. The van der Waals surface area contributed by atoms with Crippen molar-refractivity contribution in [1.29, 1.82) is 0 Å². The van der Waals surface area contributed by atoms with Crippen molar-refractivity contribution in [1.82, 2.24) is 10.4 Å². The van der Waals surface area contributed by atoms with Crippen LogP contribution in [0.2, 0.25) is 0 Å². The van der Waals surface area contributed by atoms with Gasteiger partial charge in [0.25, 0.3) is 11.8 Å². The molecule has 7 nitrogen and oxygen atoms in total. The number of carbonyl (C=O) groups is 3. The van der Waals surface area contributed by atoms with Crippen LogP contribution < -0.4 is 15.5 Å². The van der Waals surface area contributed by atoms with Crippen molar-refractivity contribution < 1.29 is 19.1 Å². The molecule has 1 aromatic carbocycles. The van der Waals surface area contributed by atoms with Gasteiger partial charge < -0.3 is 10.1 Å². The third-order valence-corrected chi connectivity index (χ3v) is 6.72. The molecule has 1 saturated carbocycles. The molecule has 1 aromatic rings. The van der Waals surface area contributed by atoms with Crippen molar-refractivity contribution in [3.05, 3.63) is 35.9 Å². The minimum absolute atomic E-state index is 0.0536. The Hall–Kier alpha value is -2.83. The van der Waals surface area contributed by atoms with Crippen LogP contribution >= 0.6 is 0 Å². The first-order valence-electron chi connectivity index (χ1n) is 10.1. The van der Waals surface area contributed by atoms with E-state index >= 15 is 0 Å². The quantitative estimate of drug-likeness (QED) is 0.603. The minimum Gasteiger partial charge on any atom is -0.497 e. The summed E-state index contributed by atoms with van der Waals surface area (Å²) in [5.41, 5.74) is 4.20. The summed E-state index contributed by atoms with van der Waals surface area (Å²) in [6.07, 6.45) is 3.11. The van der Waals surface area contributed by atoms with Gasteiger partial charge in [-0.3, -0.25) is 9.59 Å². The highest BCUT2D eigenvalue weighted by Crippen LogP contribution is 2.56. The highest BCUT2D eigenvalue weighted by atomic mass is 16.5. The van der Waals surface area contributed by atoms with E-state index in [0.29, 0.717) is 23.3 Å². The van der Waals surface area contributed by atoms with Crippen LogP contribution in [0.15, 0.2) is 35.9 Å². The number of amides is 4. The van der Waals surface area contributed by atoms with E-state index < -0.39 is 6.03 Å². The number of nitrogens with one attached hydrogen (secondary N) is 2. The third-order valence-electron chi connectivity index (χ3n) is 6.72. The third kappa shape index (κ3) is 3.18. The highest BCUT2D eigenvalue weighted by Gasteiger charge is 2.61. The van der Waals surface area contributed by atoms with Gasteiger partial charge in [0, 0.05) is 5.69 Å². The summed E-state index contributed by atoms with van der Waals surface area (Å²) in [6.45, 7) is 6.39. The summed E-state index contributed by atoms with van der Waals surface area (Å²) in [6, 6.07) is 6.19. The number of benzene rings is 1. The molecule has 0 aromatic heterocycles. The lowest BCUT2D eigenvalue weighted by molar-refractivity contribution is -0.142. The lowest BCUT2D eigenvalue weighted by Crippen LogP contribution is -2.48. The topological polar surface area (TPSA) is 87.7 Å². The standard InChI is InChI=1S/C22H27N3O4/c1-11(2)15-10-16-12(3)9-17(15)19-18(16)20(26)25(21(19)27)24-22(28)23-13-5-7-14(29-4)8-6-13/h5-9,11,15-19H,10H2,1-4H3,(H2,23,24,28)/t15-,16+,17+,18-,19+/m1/s1. The molecule has 4 aliphatic rings. The minimum atomic E-state index is -0.618. The maximum absolute atomic E-state index is 13.1. The molecule has 2 N–H and O–H groups in total. The van der Waals surface area contributed by atoms with Gasteiger partial charge in [-0.15, -0.1) is 0 Å². The zero-order valence-corrected chi connectivity index (χ0v) is 17.1. The smallest absolute Gasteiger partial charge is 0.338 e. The molecule has 29 heavy (non-hydrogen) atoms. The molecule has 5 atom stereocenters. The summed E-state index contributed by atoms with van der Waals surface area (Å²) >= 11 is 0. The van der Waals surface area contributed by atoms with Crippen molar-refractivity contribution in [2.24, 2.45) is 35.5 Å². The molecule has 7 heteroatoms. The fourth-order valence-corrected chi connectivity index (χ4v) is 5.29. The number of rotatable bonds is 4. The largest absolute Gasteiger partial charge is 0.497 e. The van der Waals surface area contributed by atoms with Gasteiger partial charge in [0.2, 0.25) is 0 Å². The van der Waals surface area contributed by atoms with Crippen molar-refractivity contribution in [3.63, 3.8) is 0 Å². The SMILES string of the molecule is COc1ccc(NC(=O)NN2C(=O)[C@H]3[C@H]4C=C(C)[C@H](C[C@@H]4C(C)C)[C@H]3C2=O)cc1. The Morgan fingerprint density at radius 1 is 1.14 bits per heavy atom. The Balaban J connectivity index is 1.50. The number of allylic oxidation sites excluding steroid dienone is 2. The lowest BCUT2D eigenvalue weighted by atomic mass is 9.54. The van der Waals surface area contributed by atoms with Gasteiger partial charge in [-0.2, -0.15) is 5.01 Å². The molecule has 1 heterocycles. The van der Waals surface area contributed by atoms with Crippen molar-refractivity contribution in [2.45, 2.75) is 27.2 Å². The monoisotopic (exact) mass is 397 g/mol. The predicted molar refractivity (Wildman–Crippen MR) is 108 cm³/mol. The van der Waals surface area contributed by atoms with E-state index in [-0.39, 0.29) is 35.5 Å². The number of ether oxygens (including phenoxy) is 1. The van der Waals surface area contributed by atoms with Gasteiger partial charge in [-0.25, -0.2) is 10.2 Å². The summed E-state index contributed by atoms with van der Waals surface area (Å²) in [7, 11) is 1.56. The number of hydrogen-bond acceptors (Lipinski definition) is 4. The van der Waals surface area contributed by atoms with Crippen LogP contribution in [0, 0.1) is 35.5 Å². The number of anilines is 1. The number of imide groups is 1. The first kappa shape index (κ1) is 19.5. The second kappa shape index (κ2) is 7.21. The fraction of sp³-hybridized carbons (Fsp3) is 0.500. The van der Waals surface area contributed by atoms with Crippen molar-refractivity contribution in [2.75, 3.05) is 12.4 Å². The summed E-state index contributed by atoms with van der Waals surface area (Å²) in [5.74, 6) is 0.285. The van der Waals surface area contributed by atoms with Gasteiger partial charge in [-0.1, -0.05) is 25.5 Å². The average molecular weight is 397 g/mol. The van der Waals surface area contributed by atoms with Gasteiger partial charge in [-0.05, 0) is 61.3 Å². The summed E-state index contributed by atoms with van der Waals surface area (Å²) in [5, 5.41) is 3.59. The summed E-state index contributed by atoms with van der Waals surface area (Å²) < 4.78 is 5.09. The van der Waals surface area contributed by atoms with Crippen LogP contribution in [0.4, 0.5) is 10.5 Å². The van der Waals surface area contributed by atoms with E-state index in [0.717, 1.165) is 11.4 Å². The number of hydrogen-bond donors (Lipinski definition) is 2. The predicted octanol–water partition coefficient (Wildman–Crippen LogP) is 3.20. The van der Waals surface area contributed by atoms with E-state index in [9.17, 15) is 14.4 Å². The maximum Gasteiger partial charge on any atom is 0.338 e. The second-order valence-electron chi connectivity index (χ2n) is 8.60. The van der Waals surface area contributed by atoms with E-state index in [1.165, 1.54) is 5.57 Å². The normalized spacial score (nSPS) is 30.3. The maximum atomic E-state index is 13.1. The molecule has 3 aliphatic carbocycles. The number of hydrazine groups is 1. The molecule has 1 saturated heterocycles. The van der Waals surface area contributed by atoms with Crippen LogP contribution in [0.5, 0.6) is 5.75 Å². The Labute approximate surface area is 170 Å². The van der Waals surface area contributed by atoms with Crippen LogP contribution in [-0.4, -0.2) is 30.0 Å². The van der Waals surface area contributed by atoms with Crippen LogP contribution in [0.3, 0.4) is 0 Å². The van der Waals surface area contributed by atoms with Crippen molar-refractivity contribution >= 4 is 23.5 Å². The Kier molecular flexibility index (Phi) is 4.84. The van der Waals surface area contributed by atoms with Gasteiger partial charge in [0.15, 0.2) is 0 Å². The zero-order chi connectivity index (χ0) is 20.9. The van der Waals surface area contributed by atoms with E-state index in [1.807, 2.05) is 0 Å². The molecule has 0 spiro atoms. The lowest BCUT2D eigenvalue weighted by Gasteiger charge is -2.48. The van der Waals surface area contributed by atoms with Gasteiger partial charge in [0.05, 0.1) is 18.9 Å². The van der Waals surface area contributed by atoms with Crippen LogP contribution in [-0.2, 0) is 9.59 Å². The van der Waals surface area contributed by atoms with E-state index in [4.69, 9.17) is 4.74 Å². The molecular formula is C22H27N3O4. The van der Waals surface area contributed by atoms with Crippen LogP contribution in [0.1, 0.15) is 27.2 Å². The van der Waals surface area contributed by atoms with Gasteiger partial charge >= 0.3 is 6.03 Å². The molecular weight excluding hydrogens is 370 g/mol. The number of nitrogens with zero attached hydrogens (tertiary/aromatic N) is 1. The average Bonchev–Trinajstić information content (AvgIpc) is 2.95. The number of carbonyl (C=O) groups excluding carboxylic acids is 3. The van der Waals surface area contributed by atoms with Gasteiger partial charge in [0.1, 0.15) is 5.75 Å². The fourth-order valence-electron chi connectivity index (χ4n) is 5.29. The summed E-state index contributed by atoms with van der Waals surface area (Å²) in [4.78, 5) is 38.6. The highest BCUT2D eigenvalue weighted by molar-refractivity contribution is 6.07. The number of methoxy groups -OCH3 is 1. The Morgan fingerprint density at radius 3 is 2.41 bits per heavy atom. The first-order chi connectivity index (χ1) is 13.8. The van der Waals surface area contributed by atoms with Crippen molar-refractivity contribution in [3.8, 4) is 5.75 Å². The van der Waals surface area contributed by atoms with Crippen LogP contribution in [0.25, 0.3) is 0 Å². The molecule has 2 fully saturated rings. The van der Waals surface area contributed by atoms with E-state index in [2.05, 4.69) is 37.6 Å². The number of fused-ring (bicyclic) bond motifs is 1. The zero-order valence-electron chi connectivity index (χ0n) is 17.1. The molecule has 4 amide bonds.